The Morgan fingerprint density at radius 3 is 2.43 bits per heavy atom. The monoisotopic (exact) mass is 303 g/mol. The molecule has 3 rings (SSSR count). The molecule has 0 atom stereocenters. The molecule has 23 heavy (non-hydrogen) atoms. The van der Waals surface area contributed by atoms with Gasteiger partial charge in [0, 0.05) is 23.3 Å². The molecule has 0 spiro atoms. The lowest BCUT2D eigenvalue weighted by Gasteiger charge is -2.10. The second-order valence-electron chi connectivity index (χ2n) is 5.19. The third-order valence-corrected chi connectivity index (χ3v) is 3.45. The van der Waals surface area contributed by atoms with Gasteiger partial charge in [-0.25, -0.2) is 0 Å². The second-order valence-corrected chi connectivity index (χ2v) is 5.19. The summed E-state index contributed by atoms with van der Waals surface area (Å²) >= 11 is 0. The van der Waals surface area contributed by atoms with Crippen LogP contribution in [0.5, 0.6) is 0 Å². The van der Waals surface area contributed by atoms with E-state index in [1.807, 2.05) is 67.6 Å². The zero-order chi connectivity index (χ0) is 16.1. The van der Waals surface area contributed by atoms with Crippen molar-refractivity contribution in [1.82, 2.24) is 4.98 Å². The third-order valence-electron chi connectivity index (χ3n) is 3.45. The maximum Gasteiger partial charge on any atom is 0.274 e. The van der Waals surface area contributed by atoms with Crippen molar-refractivity contribution in [1.29, 1.82) is 0 Å². The Bertz CT molecular complexity index is 816. The van der Waals surface area contributed by atoms with Crippen LogP contribution in [0.1, 0.15) is 16.1 Å². The number of nitrogens with one attached hydrogen (secondary N) is 2. The van der Waals surface area contributed by atoms with Crippen LogP contribution in [0.2, 0.25) is 0 Å². The first-order valence-electron chi connectivity index (χ1n) is 7.37. The Labute approximate surface area is 135 Å². The largest absolute Gasteiger partial charge is 0.355 e. The smallest absolute Gasteiger partial charge is 0.274 e. The fourth-order valence-corrected chi connectivity index (χ4v) is 2.22. The van der Waals surface area contributed by atoms with E-state index in [-0.39, 0.29) is 5.91 Å². The van der Waals surface area contributed by atoms with E-state index in [9.17, 15) is 4.79 Å². The number of aromatic nitrogens is 1. The van der Waals surface area contributed by atoms with Crippen molar-refractivity contribution in [3.8, 4) is 0 Å². The minimum Gasteiger partial charge on any atom is -0.355 e. The van der Waals surface area contributed by atoms with Gasteiger partial charge in [0.25, 0.3) is 5.91 Å². The van der Waals surface area contributed by atoms with E-state index in [4.69, 9.17) is 0 Å². The predicted octanol–water partition coefficient (Wildman–Crippen LogP) is 4.39. The van der Waals surface area contributed by atoms with E-state index >= 15 is 0 Å². The molecule has 0 saturated heterocycles. The quantitative estimate of drug-likeness (QED) is 0.751. The van der Waals surface area contributed by atoms with E-state index in [0.717, 1.165) is 22.6 Å². The molecule has 0 radical (unpaired) electrons. The normalized spacial score (nSPS) is 10.1. The van der Waals surface area contributed by atoms with E-state index in [1.54, 1.807) is 12.3 Å². The van der Waals surface area contributed by atoms with Crippen molar-refractivity contribution in [2.24, 2.45) is 0 Å². The molecule has 1 amide bonds. The minimum absolute atomic E-state index is 0.232. The average Bonchev–Trinajstić information content (AvgIpc) is 2.58. The summed E-state index contributed by atoms with van der Waals surface area (Å²) in [4.78, 5) is 16.4. The number of carbonyl (C=O) groups excluding carboxylic acids is 1. The highest BCUT2D eigenvalue weighted by atomic mass is 16.1. The molecule has 1 aromatic heterocycles. The summed E-state index contributed by atoms with van der Waals surface area (Å²) in [6.45, 7) is 2.03. The maximum atomic E-state index is 12.3. The average molecular weight is 303 g/mol. The number of para-hydroxylation sites is 2. The number of amides is 1. The Kier molecular flexibility index (Phi) is 4.34. The lowest BCUT2D eigenvalue weighted by atomic mass is 10.2. The molecule has 0 aliphatic heterocycles. The molecule has 2 aromatic carbocycles. The van der Waals surface area contributed by atoms with E-state index in [1.165, 1.54) is 0 Å². The van der Waals surface area contributed by atoms with E-state index in [0.29, 0.717) is 5.69 Å². The van der Waals surface area contributed by atoms with Gasteiger partial charge in [0.1, 0.15) is 5.69 Å². The summed E-state index contributed by atoms with van der Waals surface area (Å²) in [5, 5.41) is 6.14. The van der Waals surface area contributed by atoms with Crippen molar-refractivity contribution in [3.05, 3.63) is 84.2 Å². The summed E-state index contributed by atoms with van der Waals surface area (Å²) < 4.78 is 0. The van der Waals surface area contributed by atoms with Gasteiger partial charge >= 0.3 is 0 Å². The molecule has 0 aliphatic rings. The van der Waals surface area contributed by atoms with Crippen molar-refractivity contribution in [2.75, 3.05) is 10.6 Å². The van der Waals surface area contributed by atoms with Crippen LogP contribution in [0.15, 0.2) is 72.9 Å². The number of nitrogens with zero attached hydrogens (tertiary/aromatic N) is 1. The lowest BCUT2D eigenvalue weighted by Crippen LogP contribution is -2.13. The highest BCUT2D eigenvalue weighted by Crippen LogP contribution is 2.20. The molecule has 0 unspecified atom stereocenters. The molecule has 1 heterocycles. The number of hydrogen-bond acceptors (Lipinski definition) is 3. The number of hydrogen-bond donors (Lipinski definition) is 2. The number of pyridine rings is 1. The van der Waals surface area contributed by atoms with Crippen molar-refractivity contribution >= 4 is 23.0 Å². The highest BCUT2D eigenvalue weighted by molar-refractivity contribution is 6.03. The van der Waals surface area contributed by atoms with Crippen LogP contribution in [-0.2, 0) is 0 Å². The Morgan fingerprint density at radius 1 is 0.913 bits per heavy atom. The van der Waals surface area contributed by atoms with Gasteiger partial charge in [-0.05, 0) is 42.8 Å². The summed E-state index contributed by atoms with van der Waals surface area (Å²) in [6.07, 6.45) is 1.63. The van der Waals surface area contributed by atoms with Gasteiger partial charge in [-0.3, -0.25) is 9.78 Å². The van der Waals surface area contributed by atoms with E-state index in [2.05, 4.69) is 15.6 Å². The number of aryl methyl sites for hydroxylation is 1. The van der Waals surface area contributed by atoms with Crippen LogP contribution in [0.3, 0.4) is 0 Å². The first-order chi connectivity index (χ1) is 11.2. The summed E-state index contributed by atoms with van der Waals surface area (Å²) in [6, 6.07) is 20.9. The first kappa shape index (κ1) is 14.8. The van der Waals surface area contributed by atoms with Gasteiger partial charge < -0.3 is 10.6 Å². The molecular formula is C19H17N3O. The number of benzene rings is 2. The molecule has 4 nitrogen and oxygen atoms in total. The molecular weight excluding hydrogens is 286 g/mol. The van der Waals surface area contributed by atoms with Gasteiger partial charge in [0.15, 0.2) is 0 Å². The van der Waals surface area contributed by atoms with Gasteiger partial charge in [-0.1, -0.05) is 36.4 Å². The van der Waals surface area contributed by atoms with Crippen molar-refractivity contribution < 1.29 is 4.79 Å². The lowest BCUT2D eigenvalue weighted by molar-refractivity contribution is 0.102. The summed E-state index contributed by atoms with van der Waals surface area (Å²) in [7, 11) is 0. The molecule has 3 aromatic rings. The molecule has 0 fully saturated rings. The molecule has 2 N–H and O–H groups in total. The Hall–Kier alpha value is -3.14. The van der Waals surface area contributed by atoms with Gasteiger partial charge in [0.05, 0.1) is 0 Å². The molecule has 0 saturated carbocycles. The fraction of sp³-hybridized carbons (Fsp3) is 0.0526. The molecule has 4 heteroatoms. The van der Waals surface area contributed by atoms with Crippen LogP contribution in [0.4, 0.5) is 17.1 Å². The maximum absolute atomic E-state index is 12.3. The summed E-state index contributed by atoms with van der Waals surface area (Å²) in [5.74, 6) is -0.232. The molecule has 0 bridgehead atoms. The SMILES string of the molecule is Cc1ccccc1Nc1ccnc(C(=O)Nc2ccccc2)c1. The minimum atomic E-state index is -0.232. The van der Waals surface area contributed by atoms with Crippen molar-refractivity contribution in [2.45, 2.75) is 6.92 Å². The van der Waals surface area contributed by atoms with Crippen LogP contribution in [-0.4, -0.2) is 10.9 Å². The molecule has 0 aliphatic carbocycles. The van der Waals surface area contributed by atoms with Gasteiger partial charge in [0.2, 0.25) is 0 Å². The van der Waals surface area contributed by atoms with Crippen LogP contribution in [0.25, 0.3) is 0 Å². The van der Waals surface area contributed by atoms with Crippen molar-refractivity contribution in [3.63, 3.8) is 0 Å². The van der Waals surface area contributed by atoms with Crippen LogP contribution in [0, 0.1) is 6.92 Å². The van der Waals surface area contributed by atoms with Crippen LogP contribution < -0.4 is 10.6 Å². The standard InChI is InChI=1S/C19H17N3O/c1-14-7-5-6-10-17(14)21-16-11-12-20-18(13-16)19(23)22-15-8-3-2-4-9-15/h2-13H,1H3,(H,20,21)(H,22,23). The predicted molar refractivity (Wildman–Crippen MR) is 93.1 cm³/mol. The second kappa shape index (κ2) is 6.75. The number of anilines is 3. The first-order valence-corrected chi connectivity index (χ1v) is 7.37. The van der Waals surface area contributed by atoms with Gasteiger partial charge in [-0.15, -0.1) is 0 Å². The Morgan fingerprint density at radius 2 is 1.65 bits per heavy atom. The van der Waals surface area contributed by atoms with E-state index < -0.39 is 0 Å². The number of carbonyl (C=O) groups is 1. The topological polar surface area (TPSA) is 54.0 Å². The number of rotatable bonds is 4. The van der Waals surface area contributed by atoms with Crippen LogP contribution >= 0.6 is 0 Å². The zero-order valence-electron chi connectivity index (χ0n) is 12.8. The third kappa shape index (κ3) is 3.74. The van der Waals surface area contributed by atoms with Gasteiger partial charge in [-0.2, -0.15) is 0 Å². The zero-order valence-corrected chi connectivity index (χ0v) is 12.8. The summed E-state index contributed by atoms with van der Waals surface area (Å²) in [5.41, 5.74) is 4.09. The molecule has 114 valence electrons. The highest BCUT2D eigenvalue weighted by Gasteiger charge is 2.08. The Balaban J connectivity index is 1.77. The fourth-order valence-electron chi connectivity index (χ4n) is 2.22.